The molecule has 0 unspecified atom stereocenters. The molecule has 0 spiro atoms. The topological polar surface area (TPSA) is 65.1 Å². The molecule has 4 nitrogen and oxygen atoms in total. The zero-order valence-corrected chi connectivity index (χ0v) is 9.12. The van der Waals surface area contributed by atoms with Crippen LogP contribution in [0, 0.1) is 11.3 Å². The van der Waals surface area contributed by atoms with Crippen LogP contribution in [0.3, 0.4) is 0 Å². The zero-order valence-electron chi connectivity index (χ0n) is 9.12. The molecular formula is C11H16N4. The maximum Gasteiger partial charge on any atom is 0.101 e. The molecule has 0 fully saturated rings. The molecular weight excluding hydrogens is 188 g/mol. The Bertz CT molecular complexity index is 367. The Kier molecular flexibility index (Phi) is 3.95. The summed E-state index contributed by atoms with van der Waals surface area (Å²) in [6.07, 6.45) is 0. The number of benzene rings is 1. The number of likely N-dealkylation sites (N-methyl/N-ethyl adjacent to an activating group) is 2. The van der Waals surface area contributed by atoms with Crippen LogP contribution in [0.4, 0.5) is 11.4 Å². The van der Waals surface area contributed by atoms with E-state index in [9.17, 15) is 0 Å². The van der Waals surface area contributed by atoms with Crippen LogP contribution in [-0.2, 0) is 0 Å². The fraction of sp³-hybridized carbons (Fsp3) is 0.364. The average Bonchev–Trinajstić information content (AvgIpc) is 2.25. The van der Waals surface area contributed by atoms with E-state index in [-0.39, 0.29) is 0 Å². The maximum atomic E-state index is 8.74. The highest BCUT2D eigenvalue weighted by Gasteiger charge is 2.03. The van der Waals surface area contributed by atoms with E-state index in [4.69, 9.17) is 11.0 Å². The first-order valence-corrected chi connectivity index (χ1v) is 4.84. The lowest BCUT2D eigenvalue weighted by atomic mass is 10.1. The predicted octanol–water partition coefficient (Wildman–Crippen LogP) is 0.796. The summed E-state index contributed by atoms with van der Waals surface area (Å²) >= 11 is 0. The number of nitrogens with two attached hydrogens (primary N) is 1. The van der Waals surface area contributed by atoms with Crippen molar-refractivity contribution in [1.29, 1.82) is 5.26 Å². The van der Waals surface area contributed by atoms with Crippen LogP contribution in [-0.4, -0.2) is 27.2 Å². The highest BCUT2D eigenvalue weighted by molar-refractivity contribution is 5.63. The second kappa shape index (κ2) is 5.23. The number of nitrogen functional groups attached to an aromatic ring is 1. The molecule has 1 aromatic rings. The quantitative estimate of drug-likeness (QED) is 0.712. The molecule has 0 aromatic heterocycles. The molecule has 0 bridgehead atoms. The van der Waals surface area contributed by atoms with Gasteiger partial charge in [-0.25, -0.2) is 0 Å². The Labute approximate surface area is 90.3 Å². The van der Waals surface area contributed by atoms with E-state index in [1.807, 2.05) is 32.3 Å². The second-order valence-electron chi connectivity index (χ2n) is 3.41. The number of hydrogen-bond acceptors (Lipinski definition) is 4. The van der Waals surface area contributed by atoms with Crippen LogP contribution in [0.2, 0.25) is 0 Å². The number of nitrogens with zero attached hydrogens (tertiary/aromatic N) is 2. The van der Waals surface area contributed by atoms with Gasteiger partial charge in [0.2, 0.25) is 0 Å². The minimum Gasteiger partial charge on any atom is -0.398 e. The molecule has 0 heterocycles. The van der Waals surface area contributed by atoms with Gasteiger partial charge in [-0.2, -0.15) is 5.26 Å². The SMILES string of the molecule is CNCCN(C)c1ccc(C#N)c(N)c1. The van der Waals surface area contributed by atoms with Crippen LogP contribution < -0.4 is 16.0 Å². The third-order valence-electron chi connectivity index (χ3n) is 2.29. The molecule has 80 valence electrons. The lowest BCUT2D eigenvalue weighted by molar-refractivity contribution is 0.768. The number of nitriles is 1. The number of rotatable bonds is 4. The molecule has 0 saturated carbocycles. The van der Waals surface area contributed by atoms with Crippen LogP contribution in [0.1, 0.15) is 5.56 Å². The van der Waals surface area contributed by atoms with E-state index in [1.165, 1.54) is 0 Å². The lowest BCUT2D eigenvalue weighted by Gasteiger charge is -2.19. The van der Waals surface area contributed by atoms with Crippen LogP contribution in [0.15, 0.2) is 18.2 Å². The van der Waals surface area contributed by atoms with Gasteiger partial charge in [-0.15, -0.1) is 0 Å². The molecule has 0 atom stereocenters. The smallest absolute Gasteiger partial charge is 0.101 e. The minimum absolute atomic E-state index is 0.528. The highest BCUT2D eigenvalue weighted by atomic mass is 15.1. The third-order valence-corrected chi connectivity index (χ3v) is 2.29. The van der Waals surface area contributed by atoms with Crippen molar-refractivity contribution in [1.82, 2.24) is 5.32 Å². The molecule has 1 rings (SSSR count). The molecule has 0 amide bonds. The van der Waals surface area contributed by atoms with E-state index in [2.05, 4.69) is 10.2 Å². The summed E-state index contributed by atoms with van der Waals surface area (Å²) < 4.78 is 0. The van der Waals surface area contributed by atoms with Gasteiger partial charge in [0.15, 0.2) is 0 Å². The standard InChI is InChI=1S/C11H16N4/c1-14-5-6-15(2)10-4-3-9(8-12)11(13)7-10/h3-4,7,14H,5-6,13H2,1-2H3. The molecule has 0 saturated heterocycles. The summed E-state index contributed by atoms with van der Waals surface area (Å²) in [6, 6.07) is 7.53. The monoisotopic (exact) mass is 204 g/mol. The van der Waals surface area contributed by atoms with Crippen molar-refractivity contribution in [3.05, 3.63) is 23.8 Å². The van der Waals surface area contributed by atoms with E-state index in [0.29, 0.717) is 11.3 Å². The van der Waals surface area contributed by atoms with Gasteiger partial charge in [-0.1, -0.05) is 0 Å². The fourth-order valence-electron chi connectivity index (χ4n) is 1.30. The number of nitrogens with one attached hydrogen (secondary N) is 1. The molecule has 15 heavy (non-hydrogen) atoms. The van der Waals surface area contributed by atoms with Gasteiger partial charge in [-0.05, 0) is 25.2 Å². The van der Waals surface area contributed by atoms with E-state index in [0.717, 1.165) is 18.8 Å². The summed E-state index contributed by atoms with van der Waals surface area (Å²) in [5.41, 5.74) is 7.83. The molecule has 1 aromatic carbocycles. The Morgan fingerprint density at radius 3 is 2.80 bits per heavy atom. The molecule has 3 N–H and O–H groups in total. The third kappa shape index (κ3) is 2.86. The van der Waals surface area contributed by atoms with Gasteiger partial charge in [0, 0.05) is 25.8 Å². The van der Waals surface area contributed by atoms with Crippen molar-refractivity contribution in [2.75, 3.05) is 37.8 Å². The van der Waals surface area contributed by atoms with E-state index < -0.39 is 0 Å². The Balaban J connectivity index is 2.79. The summed E-state index contributed by atoms with van der Waals surface area (Å²) in [5, 5.41) is 11.8. The first kappa shape index (κ1) is 11.3. The first-order valence-electron chi connectivity index (χ1n) is 4.84. The molecule has 0 aliphatic heterocycles. The summed E-state index contributed by atoms with van der Waals surface area (Å²) in [4.78, 5) is 2.09. The van der Waals surface area contributed by atoms with Gasteiger partial charge in [0.25, 0.3) is 0 Å². The minimum atomic E-state index is 0.528. The second-order valence-corrected chi connectivity index (χ2v) is 3.41. The lowest BCUT2D eigenvalue weighted by Crippen LogP contribution is -2.27. The molecule has 0 aliphatic carbocycles. The number of anilines is 2. The number of hydrogen-bond donors (Lipinski definition) is 2. The fourth-order valence-corrected chi connectivity index (χ4v) is 1.30. The Hall–Kier alpha value is -1.73. The van der Waals surface area contributed by atoms with Crippen molar-refractivity contribution in [2.45, 2.75) is 0 Å². The zero-order chi connectivity index (χ0) is 11.3. The predicted molar refractivity (Wildman–Crippen MR) is 62.8 cm³/mol. The Morgan fingerprint density at radius 2 is 2.27 bits per heavy atom. The van der Waals surface area contributed by atoms with Crippen molar-refractivity contribution < 1.29 is 0 Å². The van der Waals surface area contributed by atoms with E-state index in [1.54, 1.807) is 6.07 Å². The summed E-state index contributed by atoms with van der Waals surface area (Å²) in [5.74, 6) is 0. The van der Waals surface area contributed by atoms with Crippen molar-refractivity contribution in [3.63, 3.8) is 0 Å². The van der Waals surface area contributed by atoms with Gasteiger partial charge in [0.1, 0.15) is 6.07 Å². The molecule has 0 radical (unpaired) electrons. The van der Waals surface area contributed by atoms with Crippen molar-refractivity contribution in [3.8, 4) is 6.07 Å². The van der Waals surface area contributed by atoms with Crippen LogP contribution in [0.5, 0.6) is 0 Å². The Morgan fingerprint density at radius 1 is 1.53 bits per heavy atom. The normalized spacial score (nSPS) is 9.67. The largest absolute Gasteiger partial charge is 0.398 e. The maximum absolute atomic E-state index is 8.74. The molecule has 4 heteroatoms. The summed E-state index contributed by atoms with van der Waals surface area (Å²) in [7, 11) is 3.92. The first-order chi connectivity index (χ1) is 7.19. The van der Waals surface area contributed by atoms with Gasteiger partial charge < -0.3 is 16.0 Å². The van der Waals surface area contributed by atoms with E-state index >= 15 is 0 Å². The van der Waals surface area contributed by atoms with Crippen molar-refractivity contribution in [2.24, 2.45) is 0 Å². The van der Waals surface area contributed by atoms with Gasteiger partial charge in [0.05, 0.1) is 11.3 Å². The highest BCUT2D eigenvalue weighted by Crippen LogP contribution is 2.19. The summed E-state index contributed by atoms with van der Waals surface area (Å²) in [6.45, 7) is 1.82. The van der Waals surface area contributed by atoms with Crippen LogP contribution in [0.25, 0.3) is 0 Å². The van der Waals surface area contributed by atoms with Gasteiger partial charge in [-0.3, -0.25) is 0 Å². The molecule has 0 aliphatic rings. The van der Waals surface area contributed by atoms with Crippen LogP contribution >= 0.6 is 0 Å². The average molecular weight is 204 g/mol. The van der Waals surface area contributed by atoms with Gasteiger partial charge >= 0.3 is 0 Å². The van der Waals surface area contributed by atoms with Crippen molar-refractivity contribution >= 4 is 11.4 Å².